The Balaban J connectivity index is 3.18. The first-order chi connectivity index (χ1) is 8.41. The second-order valence-corrected chi connectivity index (χ2v) is 4.66. The third-order valence-corrected chi connectivity index (χ3v) is 2.45. The number of hydrogen-bond acceptors (Lipinski definition) is 5. The van der Waals surface area contributed by atoms with Crippen LogP contribution in [0.2, 0.25) is 0 Å². The van der Waals surface area contributed by atoms with E-state index in [9.17, 15) is 15.2 Å². The van der Waals surface area contributed by atoms with E-state index < -0.39 is 10.5 Å². The standard InChI is InChI=1S/C12H19N3O3/c1-4-13-9-6-5-7-10(11(9)15(17)18)14-12(2,3)8-16/h5-7,13-14,16H,4,8H2,1-3H3. The molecule has 0 unspecified atom stereocenters. The van der Waals surface area contributed by atoms with Crippen LogP contribution in [-0.4, -0.2) is 28.7 Å². The molecule has 0 heterocycles. The van der Waals surface area contributed by atoms with Crippen LogP contribution >= 0.6 is 0 Å². The summed E-state index contributed by atoms with van der Waals surface area (Å²) in [4.78, 5) is 10.7. The first-order valence-electron chi connectivity index (χ1n) is 5.81. The van der Waals surface area contributed by atoms with Gasteiger partial charge in [-0.05, 0) is 32.9 Å². The zero-order chi connectivity index (χ0) is 13.8. The molecular weight excluding hydrogens is 234 g/mol. The number of rotatable bonds is 6. The van der Waals surface area contributed by atoms with Crippen molar-refractivity contribution in [2.45, 2.75) is 26.3 Å². The summed E-state index contributed by atoms with van der Waals surface area (Å²) in [5, 5.41) is 26.3. The van der Waals surface area contributed by atoms with E-state index in [1.807, 2.05) is 6.92 Å². The van der Waals surface area contributed by atoms with Gasteiger partial charge in [-0.2, -0.15) is 0 Å². The first-order valence-corrected chi connectivity index (χ1v) is 5.81. The van der Waals surface area contributed by atoms with E-state index >= 15 is 0 Å². The Morgan fingerprint density at radius 2 is 2.00 bits per heavy atom. The van der Waals surface area contributed by atoms with Crippen molar-refractivity contribution in [2.24, 2.45) is 0 Å². The van der Waals surface area contributed by atoms with Crippen LogP contribution in [0.3, 0.4) is 0 Å². The van der Waals surface area contributed by atoms with Crippen LogP contribution in [0.15, 0.2) is 18.2 Å². The highest BCUT2D eigenvalue weighted by molar-refractivity contribution is 5.76. The van der Waals surface area contributed by atoms with Gasteiger partial charge in [0.1, 0.15) is 11.4 Å². The molecule has 3 N–H and O–H groups in total. The molecule has 0 spiro atoms. The van der Waals surface area contributed by atoms with Crippen molar-refractivity contribution < 1.29 is 10.0 Å². The summed E-state index contributed by atoms with van der Waals surface area (Å²) in [6, 6.07) is 5.04. The van der Waals surface area contributed by atoms with E-state index in [-0.39, 0.29) is 12.3 Å². The molecule has 0 saturated carbocycles. The smallest absolute Gasteiger partial charge is 0.315 e. The third kappa shape index (κ3) is 3.33. The summed E-state index contributed by atoms with van der Waals surface area (Å²) in [6.45, 7) is 5.91. The Labute approximate surface area is 106 Å². The van der Waals surface area contributed by atoms with E-state index in [1.165, 1.54) is 0 Å². The molecule has 6 heteroatoms. The number of nitro groups is 1. The molecule has 1 aromatic carbocycles. The summed E-state index contributed by atoms with van der Waals surface area (Å²) < 4.78 is 0. The largest absolute Gasteiger partial charge is 0.394 e. The molecule has 0 bridgehead atoms. The van der Waals surface area contributed by atoms with Gasteiger partial charge in [0, 0.05) is 6.54 Å². The predicted octanol–water partition coefficient (Wildman–Crippen LogP) is 2.21. The van der Waals surface area contributed by atoms with Crippen molar-refractivity contribution in [1.29, 1.82) is 0 Å². The van der Waals surface area contributed by atoms with E-state index in [4.69, 9.17) is 0 Å². The minimum Gasteiger partial charge on any atom is -0.394 e. The van der Waals surface area contributed by atoms with Gasteiger partial charge in [-0.1, -0.05) is 6.07 Å². The van der Waals surface area contributed by atoms with E-state index in [2.05, 4.69) is 10.6 Å². The lowest BCUT2D eigenvalue weighted by atomic mass is 10.1. The van der Waals surface area contributed by atoms with Crippen LogP contribution in [0.5, 0.6) is 0 Å². The van der Waals surface area contributed by atoms with Crippen LogP contribution in [0.4, 0.5) is 17.1 Å². The number of aliphatic hydroxyl groups is 1. The van der Waals surface area contributed by atoms with E-state index in [0.29, 0.717) is 17.9 Å². The highest BCUT2D eigenvalue weighted by Gasteiger charge is 2.24. The second-order valence-electron chi connectivity index (χ2n) is 4.66. The normalized spacial score (nSPS) is 11.1. The maximum atomic E-state index is 11.2. The van der Waals surface area contributed by atoms with Crippen molar-refractivity contribution >= 4 is 17.1 Å². The van der Waals surface area contributed by atoms with Gasteiger partial charge in [0.25, 0.3) is 0 Å². The van der Waals surface area contributed by atoms with Gasteiger partial charge in [-0.3, -0.25) is 10.1 Å². The minimum atomic E-state index is -0.615. The van der Waals surface area contributed by atoms with Gasteiger partial charge in [-0.25, -0.2) is 0 Å². The number of hydrogen-bond donors (Lipinski definition) is 3. The molecule has 0 amide bonds. The van der Waals surface area contributed by atoms with Gasteiger partial charge in [0.15, 0.2) is 0 Å². The number of para-hydroxylation sites is 1. The highest BCUT2D eigenvalue weighted by Crippen LogP contribution is 2.34. The quantitative estimate of drug-likeness (QED) is 0.534. The summed E-state index contributed by atoms with van der Waals surface area (Å²) >= 11 is 0. The zero-order valence-electron chi connectivity index (χ0n) is 10.9. The molecule has 18 heavy (non-hydrogen) atoms. The van der Waals surface area contributed by atoms with Gasteiger partial charge in [0.05, 0.1) is 17.1 Å². The van der Waals surface area contributed by atoms with Crippen LogP contribution in [0.1, 0.15) is 20.8 Å². The van der Waals surface area contributed by atoms with E-state index in [1.54, 1.807) is 32.0 Å². The lowest BCUT2D eigenvalue weighted by Crippen LogP contribution is -2.35. The van der Waals surface area contributed by atoms with Crippen LogP contribution in [0, 0.1) is 10.1 Å². The van der Waals surface area contributed by atoms with Gasteiger partial charge in [-0.15, -0.1) is 0 Å². The molecule has 0 saturated heterocycles. The van der Waals surface area contributed by atoms with Crippen LogP contribution in [0.25, 0.3) is 0 Å². The zero-order valence-corrected chi connectivity index (χ0v) is 10.9. The molecule has 100 valence electrons. The molecule has 0 aromatic heterocycles. The Morgan fingerprint density at radius 1 is 1.39 bits per heavy atom. The molecule has 1 aromatic rings. The highest BCUT2D eigenvalue weighted by atomic mass is 16.6. The fourth-order valence-corrected chi connectivity index (χ4v) is 1.58. The SMILES string of the molecule is CCNc1cccc(NC(C)(C)CO)c1[N+](=O)[O-]. The minimum absolute atomic E-state index is 0.000810. The van der Waals surface area contributed by atoms with E-state index in [0.717, 1.165) is 0 Å². The molecule has 0 aliphatic heterocycles. The van der Waals surface area contributed by atoms with Gasteiger partial charge >= 0.3 is 5.69 Å². The number of aliphatic hydroxyl groups excluding tert-OH is 1. The third-order valence-electron chi connectivity index (χ3n) is 2.45. The number of benzene rings is 1. The number of nitro benzene ring substituents is 1. The summed E-state index contributed by atoms with van der Waals surface area (Å²) in [5.74, 6) is 0. The summed E-state index contributed by atoms with van der Waals surface area (Å²) in [7, 11) is 0. The first kappa shape index (κ1) is 14.2. The number of nitrogens with zero attached hydrogens (tertiary/aromatic N) is 1. The van der Waals surface area contributed by atoms with Gasteiger partial charge < -0.3 is 15.7 Å². The van der Waals surface area contributed by atoms with Gasteiger partial charge in [0.2, 0.25) is 0 Å². The predicted molar refractivity (Wildman–Crippen MR) is 72.0 cm³/mol. The maximum Gasteiger partial charge on any atom is 0.315 e. The summed E-state index contributed by atoms with van der Waals surface area (Å²) in [5.41, 5.74) is 0.259. The number of anilines is 2. The lowest BCUT2D eigenvalue weighted by molar-refractivity contribution is -0.383. The molecule has 1 rings (SSSR count). The van der Waals surface area contributed by atoms with Crippen molar-refractivity contribution in [2.75, 3.05) is 23.8 Å². The van der Waals surface area contributed by atoms with Crippen molar-refractivity contribution in [3.8, 4) is 0 Å². The Bertz CT molecular complexity index is 433. The topological polar surface area (TPSA) is 87.4 Å². The Kier molecular flexibility index (Phi) is 4.49. The maximum absolute atomic E-state index is 11.2. The molecule has 0 radical (unpaired) electrons. The molecule has 6 nitrogen and oxygen atoms in total. The Hall–Kier alpha value is -1.82. The lowest BCUT2D eigenvalue weighted by Gasteiger charge is -2.25. The average molecular weight is 253 g/mol. The van der Waals surface area contributed by atoms with Crippen molar-refractivity contribution in [1.82, 2.24) is 0 Å². The fraction of sp³-hybridized carbons (Fsp3) is 0.500. The van der Waals surface area contributed by atoms with Crippen LogP contribution < -0.4 is 10.6 Å². The monoisotopic (exact) mass is 253 g/mol. The Morgan fingerprint density at radius 3 is 2.50 bits per heavy atom. The average Bonchev–Trinajstić information content (AvgIpc) is 2.28. The number of nitrogens with one attached hydrogen (secondary N) is 2. The van der Waals surface area contributed by atoms with Crippen LogP contribution in [-0.2, 0) is 0 Å². The molecule has 0 aliphatic carbocycles. The molecule has 0 aliphatic rings. The second kappa shape index (κ2) is 5.68. The fourth-order valence-electron chi connectivity index (χ4n) is 1.58. The van der Waals surface area contributed by atoms with Crippen molar-refractivity contribution in [3.05, 3.63) is 28.3 Å². The molecular formula is C12H19N3O3. The summed E-state index contributed by atoms with van der Waals surface area (Å²) in [6.07, 6.45) is 0. The molecule has 0 atom stereocenters. The van der Waals surface area contributed by atoms with Crippen molar-refractivity contribution in [3.63, 3.8) is 0 Å². The molecule has 0 fully saturated rings.